The Bertz CT molecular complexity index is 526. The molecule has 0 atom stereocenters. The fraction of sp³-hybridized carbons (Fsp3) is 0.231. The van der Waals surface area contributed by atoms with E-state index in [9.17, 15) is 4.79 Å². The second-order valence-electron chi connectivity index (χ2n) is 4.07. The number of aromatic nitrogens is 2. The number of nitrogens with zero attached hydrogens (tertiary/aromatic N) is 1. The van der Waals surface area contributed by atoms with Gasteiger partial charge in [-0.2, -0.15) is 0 Å². The molecule has 1 N–H and O–H groups in total. The first kappa shape index (κ1) is 10.6. The highest BCUT2D eigenvalue weighted by atomic mass is 16.1. The fourth-order valence-corrected chi connectivity index (χ4v) is 1.58. The van der Waals surface area contributed by atoms with Gasteiger partial charge in [0.15, 0.2) is 0 Å². The monoisotopic (exact) mass is 214 g/mol. The Morgan fingerprint density at radius 2 is 1.81 bits per heavy atom. The van der Waals surface area contributed by atoms with Crippen molar-refractivity contribution in [2.45, 2.75) is 19.8 Å². The topological polar surface area (TPSA) is 45.8 Å². The van der Waals surface area contributed by atoms with E-state index in [-0.39, 0.29) is 5.69 Å². The zero-order valence-corrected chi connectivity index (χ0v) is 9.40. The first-order valence-electron chi connectivity index (χ1n) is 5.32. The molecule has 0 aliphatic heterocycles. The quantitative estimate of drug-likeness (QED) is 0.835. The Balaban J connectivity index is 2.38. The van der Waals surface area contributed by atoms with Crippen LogP contribution < -0.4 is 5.69 Å². The van der Waals surface area contributed by atoms with Gasteiger partial charge in [0.05, 0.1) is 5.69 Å². The van der Waals surface area contributed by atoms with Gasteiger partial charge in [-0.25, -0.2) is 9.78 Å². The van der Waals surface area contributed by atoms with E-state index in [4.69, 9.17) is 0 Å². The number of hydrogen-bond donors (Lipinski definition) is 1. The predicted octanol–water partition coefficient (Wildman–Crippen LogP) is 2.56. The van der Waals surface area contributed by atoms with Gasteiger partial charge in [0.1, 0.15) is 0 Å². The molecule has 1 aromatic carbocycles. The van der Waals surface area contributed by atoms with E-state index < -0.39 is 0 Å². The molecule has 1 heterocycles. The first-order chi connectivity index (χ1) is 7.66. The molecule has 2 rings (SSSR count). The lowest BCUT2D eigenvalue weighted by Gasteiger charge is -2.06. The summed E-state index contributed by atoms with van der Waals surface area (Å²) in [5.41, 5.74) is 2.78. The van der Waals surface area contributed by atoms with Gasteiger partial charge in [0, 0.05) is 6.20 Å². The predicted molar refractivity (Wildman–Crippen MR) is 64.4 cm³/mol. The summed E-state index contributed by atoms with van der Waals surface area (Å²) in [7, 11) is 0. The van der Waals surface area contributed by atoms with Crippen molar-refractivity contribution in [3.63, 3.8) is 0 Å². The number of rotatable bonds is 2. The van der Waals surface area contributed by atoms with Gasteiger partial charge >= 0.3 is 5.69 Å². The minimum atomic E-state index is -0.314. The molecule has 82 valence electrons. The molecule has 0 aliphatic rings. The van der Waals surface area contributed by atoms with Crippen molar-refractivity contribution in [2.75, 3.05) is 0 Å². The Kier molecular flexibility index (Phi) is 2.86. The molecule has 0 saturated carbocycles. The van der Waals surface area contributed by atoms with E-state index in [1.807, 2.05) is 12.1 Å². The van der Waals surface area contributed by atoms with Gasteiger partial charge < -0.3 is 4.98 Å². The lowest BCUT2D eigenvalue weighted by Crippen LogP contribution is -2.09. The van der Waals surface area contributed by atoms with Crippen LogP contribution in [0, 0.1) is 0 Å². The third kappa shape index (κ3) is 2.19. The van der Waals surface area contributed by atoms with E-state index in [1.54, 1.807) is 6.07 Å². The van der Waals surface area contributed by atoms with Crippen LogP contribution in [-0.2, 0) is 0 Å². The zero-order valence-electron chi connectivity index (χ0n) is 9.40. The van der Waals surface area contributed by atoms with Crippen molar-refractivity contribution in [3.05, 3.63) is 52.6 Å². The number of H-pyrrole nitrogens is 1. The number of benzene rings is 1. The molecule has 1 aromatic heterocycles. The highest BCUT2D eigenvalue weighted by Gasteiger charge is 2.01. The summed E-state index contributed by atoms with van der Waals surface area (Å²) in [6.07, 6.45) is 1.52. The smallest absolute Gasteiger partial charge is 0.305 e. The number of aromatic amines is 1. The van der Waals surface area contributed by atoms with E-state index in [0.29, 0.717) is 5.92 Å². The minimum Gasteiger partial charge on any atom is -0.305 e. The Hall–Kier alpha value is -1.90. The molecule has 16 heavy (non-hydrogen) atoms. The van der Waals surface area contributed by atoms with Gasteiger partial charge in [0.25, 0.3) is 0 Å². The highest BCUT2D eigenvalue weighted by molar-refractivity contribution is 5.58. The molecule has 0 saturated heterocycles. The van der Waals surface area contributed by atoms with Crippen LogP contribution in [-0.4, -0.2) is 9.97 Å². The van der Waals surface area contributed by atoms with E-state index in [2.05, 4.69) is 35.9 Å². The van der Waals surface area contributed by atoms with Gasteiger partial charge in [-0.15, -0.1) is 0 Å². The summed E-state index contributed by atoms with van der Waals surface area (Å²) < 4.78 is 0. The van der Waals surface area contributed by atoms with Crippen LogP contribution in [0.2, 0.25) is 0 Å². The summed E-state index contributed by atoms with van der Waals surface area (Å²) in [6, 6.07) is 9.99. The molecule has 0 aliphatic carbocycles. The number of hydrogen-bond acceptors (Lipinski definition) is 2. The molecule has 2 aromatic rings. The standard InChI is InChI=1S/C13H14N2O/c1-9(2)10-3-5-11(6-4-10)12-7-8-14-13(16)15-12/h3-9H,1-2H3,(H,14,15,16). The lowest BCUT2D eigenvalue weighted by atomic mass is 10.0. The van der Waals surface area contributed by atoms with Crippen LogP contribution in [0.5, 0.6) is 0 Å². The molecule has 0 amide bonds. The van der Waals surface area contributed by atoms with Crippen LogP contribution in [0.4, 0.5) is 0 Å². The van der Waals surface area contributed by atoms with Crippen molar-refractivity contribution in [2.24, 2.45) is 0 Å². The summed E-state index contributed by atoms with van der Waals surface area (Å²) in [6.45, 7) is 4.31. The maximum Gasteiger partial charge on any atom is 0.345 e. The third-order valence-electron chi connectivity index (χ3n) is 2.56. The van der Waals surface area contributed by atoms with Crippen molar-refractivity contribution < 1.29 is 0 Å². The second-order valence-corrected chi connectivity index (χ2v) is 4.07. The SMILES string of the molecule is CC(C)c1ccc(-c2ccnc(=O)[nH]2)cc1. The minimum absolute atomic E-state index is 0.314. The average Bonchev–Trinajstić information content (AvgIpc) is 2.29. The van der Waals surface area contributed by atoms with E-state index in [1.165, 1.54) is 11.8 Å². The maximum atomic E-state index is 11.1. The van der Waals surface area contributed by atoms with E-state index in [0.717, 1.165) is 11.3 Å². The summed E-state index contributed by atoms with van der Waals surface area (Å²) >= 11 is 0. The lowest BCUT2D eigenvalue weighted by molar-refractivity contribution is 0.867. The Morgan fingerprint density at radius 3 is 2.38 bits per heavy atom. The normalized spacial score (nSPS) is 10.7. The summed E-state index contributed by atoms with van der Waals surface area (Å²) in [5, 5.41) is 0. The zero-order chi connectivity index (χ0) is 11.5. The van der Waals surface area contributed by atoms with Crippen molar-refractivity contribution in [1.29, 1.82) is 0 Å². The molecule has 3 nitrogen and oxygen atoms in total. The van der Waals surface area contributed by atoms with Gasteiger partial charge in [0.2, 0.25) is 0 Å². The largest absolute Gasteiger partial charge is 0.345 e. The molecule has 0 unspecified atom stereocenters. The van der Waals surface area contributed by atoms with Crippen LogP contribution in [0.3, 0.4) is 0 Å². The number of nitrogens with one attached hydrogen (secondary N) is 1. The first-order valence-corrected chi connectivity index (χ1v) is 5.32. The van der Waals surface area contributed by atoms with E-state index >= 15 is 0 Å². The second kappa shape index (κ2) is 4.31. The van der Waals surface area contributed by atoms with Gasteiger partial charge in [-0.1, -0.05) is 38.1 Å². The average molecular weight is 214 g/mol. The molecular weight excluding hydrogens is 200 g/mol. The van der Waals surface area contributed by atoms with Crippen molar-refractivity contribution in [1.82, 2.24) is 9.97 Å². The van der Waals surface area contributed by atoms with Gasteiger partial charge in [-0.05, 0) is 23.1 Å². The maximum absolute atomic E-state index is 11.1. The van der Waals surface area contributed by atoms with Crippen LogP contribution in [0.15, 0.2) is 41.3 Å². The fourth-order valence-electron chi connectivity index (χ4n) is 1.58. The van der Waals surface area contributed by atoms with Crippen LogP contribution in [0.25, 0.3) is 11.3 Å². The molecule has 0 bridgehead atoms. The third-order valence-corrected chi connectivity index (χ3v) is 2.56. The van der Waals surface area contributed by atoms with Crippen molar-refractivity contribution >= 4 is 0 Å². The Labute approximate surface area is 94.2 Å². The summed E-state index contributed by atoms with van der Waals surface area (Å²) in [5.74, 6) is 0.519. The molecule has 0 radical (unpaired) electrons. The van der Waals surface area contributed by atoms with Gasteiger partial charge in [-0.3, -0.25) is 0 Å². The molecular formula is C13H14N2O. The molecule has 0 fully saturated rings. The summed E-state index contributed by atoms with van der Waals surface area (Å²) in [4.78, 5) is 17.4. The molecule has 3 heteroatoms. The van der Waals surface area contributed by atoms with Crippen LogP contribution in [0.1, 0.15) is 25.3 Å². The van der Waals surface area contributed by atoms with Crippen LogP contribution >= 0.6 is 0 Å². The highest BCUT2D eigenvalue weighted by Crippen LogP contribution is 2.19. The molecule has 0 spiro atoms. The van der Waals surface area contributed by atoms with Crippen molar-refractivity contribution in [3.8, 4) is 11.3 Å². The Morgan fingerprint density at radius 1 is 1.12 bits per heavy atom.